The predicted octanol–water partition coefficient (Wildman–Crippen LogP) is 0.998. The Morgan fingerprint density at radius 3 is 2.79 bits per heavy atom. The molecular weight excluding hydrogens is 302 g/mol. The molecule has 134 valence electrons. The third-order valence-corrected chi connectivity index (χ3v) is 4.40. The molecule has 1 fully saturated rings. The van der Waals surface area contributed by atoms with E-state index in [2.05, 4.69) is 38.5 Å². The van der Waals surface area contributed by atoms with Crippen LogP contribution in [0.3, 0.4) is 0 Å². The first-order valence-electron chi connectivity index (χ1n) is 8.70. The van der Waals surface area contributed by atoms with Crippen LogP contribution in [0.15, 0.2) is 29.3 Å². The van der Waals surface area contributed by atoms with Crippen molar-refractivity contribution in [3.63, 3.8) is 0 Å². The molecule has 0 atom stereocenters. The number of rotatable bonds is 6. The average molecular weight is 333 g/mol. The second-order valence-corrected chi connectivity index (χ2v) is 6.16. The summed E-state index contributed by atoms with van der Waals surface area (Å²) in [6, 6.07) is 8.04. The Morgan fingerprint density at radius 2 is 2.00 bits per heavy atom. The van der Waals surface area contributed by atoms with E-state index in [-0.39, 0.29) is 0 Å². The topological polar surface area (TPSA) is 52.1 Å². The highest BCUT2D eigenvalue weighted by Gasteiger charge is 2.11. The van der Waals surface area contributed by atoms with Crippen molar-refractivity contribution in [2.24, 2.45) is 4.99 Å². The lowest BCUT2D eigenvalue weighted by atomic mass is 10.2. The van der Waals surface area contributed by atoms with Gasteiger partial charge in [0, 0.05) is 45.3 Å². The Balaban J connectivity index is 1.72. The maximum atomic E-state index is 5.38. The van der Waals surface area contributed by atoms with Gasteiger partial charge >= 0.3 is 0 Å². The molecule has 1 heterocycles. The maximum absolute atomic E-state index is 5.38. The first-order chi connectivity index (χ1) is 11.7. The molecule has 6 heteroatoms. The Labute approximate surface area is 145 Å². The van der Waals surface area contributed by atoms with Crippen LogP contribution in [0, 0.1) is 0 Å². The van der Waals surface area contributed by atoms with Crippen molar-refractivity contribution in [3.8, 4) is 5.75 Å². The first-order valence-corrected chi connectivity index (χ1v) is 8.70. The Morgan fingerprint density at radius 1 is 1.17 bits per heavy atom. The Kier molecular flexibility index (Phi) is 7.85. The number of aliphatic imine (C=N–C) groups is 1. The molecule has 6 nitrogen and oxygen atoms in total. The number of benzene rings is 1. The average Bonchev–Trinajstić information content (AvgIpc) is 2.82. The van der Waals surface area contributed by atoms with Gasteiger partial charge in [0.15, 0.2) is 5.96 Å². The zero-order valence-electron chi connectivity index (χ0n) is 15.2. The van der Waals surface area contributed by atoms with E-state index in [0.717, 1.165) is 43.5 Å². The van der Waals surface area contributed by atoms with Gasteiger partial charge in [-0.05, 0) is 32.6 Å². The van der Waals surface area contributed by atoms with Crippen LogP contribution in [-0.4, -0.2) is 76.2 Å². The minimum Gasteiger partial charge on any atom is -0.496 e. The van der Waals surface area contributed by atoms with Crippen molar-refractivity contribution >= 4 is 5.96 Å². The van der Waals surface area contributed by atoms with E-state index >= 15 is 0 Å². The molecule has 1 aromatic carbocycles. The zero-order chi connectivity index (χ0) is 17.2. The number of nitrogens with zero attached hydrogens (tertiary/aromatic N) is 3. The molecule has 0 radical (unpaired) electrons. The van der Waals surface area contributed by atoms with Crippen LogP contribution in [0.1, 0.15) is 12.0 Å². The SMILES string of the molecule is CN=C(NCCN1CCCN(C)CC1)NCc1ccccc1OC. The summed E-state index contributed by atoms with van der Waals surface area (Å²) in [4.78, 5) is 9.22. The second kappa shape index (κ2) is 10.2. The van der Waals surface area contributed by atoms with Gasteiger partial charge in [0.1, 0.15) is 5.75 Å². The third kappa shape index (κ3) is 6.02. The standard InChI is InChI=1S/C18H31N5O/c1-19-18(21-15-16-7-4-5-8-17(16)24-3)20-9-12-23-11-6-10-22(2)13-14-23/h4-5,7-8H,6,9-15H2,1-3H3,(H2,19,20,21). The highest BCUT2D eigenvalue weighted by atomic mass is 16.5. The normalized spacial score (nSPS) is 17.4. The molecule has 1 aliphatic heterocycles. The molecule has 0 saturated carbocycles. The van der Waals surface area contributed by atoms with E-state index in [1.165, 1.54) is 19.5 Å². The van der Waals surface area contributed by atoms with Gasteiger partial charge in [-0.1, -0.05) is 18.2 Å². The van der Waals surface area contributed by atoms with Crippen LogP contribution in [0.4, 0.5) is 0 Å². The van der Waals surface area contributed by atoms with Crippen LogP contribution in [-0.2, 0) is 6.54 Å². The summed E-state index contributed by atoms with van der Waals surface area (Å²) in [5.41, 5.74) is 1.12. The molecule has 0 spiro atoms. The number of hydrogen-bond acceptors (Lipinski definition) is 4. The molecule has 1 aromatic rings. The summed E-state index contributed by atoms with van der Waals surface area (Å²) in [5, 5.41) is 6.75. The van der Waals surface area contributed by atoms with E-state index in [1.807, 2.05) is 18.2 Å². The minimum absolute atomic E-state index is 0.693. The number of nitrogens with one attached hydrogen (secondary N) is 2. The summed E-state index contributed by atoms with van der Waals surface area (Å²) >= 11 is 0. The van der Waals surface area contributed by atoms with E-state index in [4.69, 9.17) is 4.74 Å². The molecule has 2 rings (SSSR count). The summed E-state index contributed by atoms with van der Waals surface area (Å²) in [6.45, 7) is 7.31. The van der Waals surface area contributed by atoms with Crippen LogP contribution >= 0.6 is 0 Å². The fraction of sp³-hybridized carbons (Fsp3) is 0.611. The molecule has 0 aromatic heterocycles. The number of guanidine groups is 1. The van der Waals surface area contributed by atoms with Crippen molar-refractivity contribution in [3.05, 3.63) is 29.8 Å². The summed E-state index contributed by atoms with van der Waals surface area (Å²) in [5.74, 6) is 1.72. The van der Waals surface area contributed by atoms with Crippen molar-refractivity contribution < 1.29 is 4.74 Å². The lowest BCUT2D eigenvalue weighted by Gasteiger charge is -2.21. The van der Waals surface area contributed by atoms with Crippen LogP contribution in [0.2, 0.25) is 0 Å². The number of hydrogen-bond donors (Lipinski definition) is 2. The number of ether oxygens (including phenoxy) is 1. The second-order valence-electron chi connectivity index (χ2n) is 6.16. The zero-order valence-corrected chi connectivity index (χ0v) is 15.2. The summed E-state index contributed by atoms with van der Waals surface area (Å²) in [6.07, 6.45) is 1.25. The molecule has 0 bridgehead atoms. The van der Waals surface area contributed by atoms with E-state index in [1.54, 1.807) is 14.2 Å². The van der Waals surface area contributed by atoms with Gasteiger partial charge in [0.05, 0.1) is 7.11 Å². The van der Waals surface area contributed by atoms with Crippen molar-refractivity contribution in [2.75, 3.05) is 60.5 Å². The van der Waals surface area contributed by atoms with Gasteiger partial charge in [0.2, 0.25) is 0 Å². The van der Waals surface area contributed by atoms with Crippen LogP contribution in [0.25, 0.3) is 0 Å². The maximum Gasteiger partial charge on any atom is 0.191 e. The van der Waals surface area contributed by atoms with Gasteiger partial charge in [-0.15, -0.1) is 0 Å². The molecule has 0 aliphatic carbocycles. The lowest BCUT2D eigenvalue weighted by molar-refractivity contribution is 0.280. The molecule has 2 N–H and O–H groups in total. The van der Waals surface area contributed by atoms with E-state index < -0.39 is 0 Å². The van der Waals surface area contributed by atoms with E-state index in [9.17, 15) is 0 Å². The quantitative estimate of drug-likeness (QED) is 0.601. The highest BCUT2D eigenvalue weighted by molar-refractivity contribution is 5.79. The fourth-order valence-corrected chi connectivity index (χ4v) is 2.90. The third-order valence-electron chi connectivity index (χ3n) is 4.40. The Bertz CT molecular complexity index is 520. The Hall–Kier alpha value is -1.79. The highest BCUT2D eigenvalue weighted by Crippen LogP contribution is 2.16. The molecule has 1 aliphatic rings. The first kappa shape index (κ1) is 18.5. The van der Waals surface area contributed by atoms with Gasteiger partial charge < -0.3 is 25.2 Å². The fourth-order valence-electron chi connectivity index (χ4n) is 2.90. The van der Waals surface area contributed by atoms with Crippen LogP contribution in [0.5, 0.6) is 5.75 Å². The number of likely N-dealkylation sites (N-methyl/N-ethyl adjacent to an activating group) is 1. The summed E-state index contributed by atoms with van der Waals surface area (Å²) in [7, 11) is 5.70. The van der Waals surface area contributed by atoms with Crippen molar-refractivity contribution in [2.45, 2.75) is 13.0 Å². The van der Waals surface area contributed by atoms with Gasteiger partial charge in [-0.25, -0.2) is 0 Å². The lowest BCUT2D eigenvalue weighted by Crippen LogP contribution is -2.42. The van der Waals surface area contributed by atoms with Crippen LogP contribution < -0.4 is 15.4 Å². The largest absolute Gasteiger partial charge is 0.496 e. The predicted molar refractivity (Wildman–Crippen MR) is 99.7 cm³/mol. The molecule has 24 heavy (non-hydrogen) atoms. The number of para-hydroxylation sites is 1. The molecule has 0 unspecified atom stereocenters. The smallest absolute Gasteiger partial charge is 0.191 e. The monoisotopic (exact) mass is 333 g/mol. The van der Waals surface area contributed by atoms with Gasteiger partial charge in [-0.3, -0.25) is 4.99 Å². The molecular formula is C18H31N5O. The van der Waals surface area contributed by atoms with Crippen molar-refractivity contribution in [1.82, 2.24) is 20.4 Å². The number of methoxy groups -OCH3 is 1. The van der Waals surface area contributed by atoms with Gasteiger partial charge in [0.25, 0.3) is 0 Å². The molecule has 0 amide bonds. The van der Waals surface area contributed by atoms with Crippen molar-refractivity contribution in [1.29, 1.82) is 0 Å². The van der Waals surface area contributed by atoms with E-state index in [0.29, 0.717) is 6.54 Å². The summed E-state index contributed by atoms with van der Waals surface area (Å²) < 4.78 is 5.38. The van der Waals surface area contributed by atoms with Gasteiger partial charge in [-0.2, -0.15) is 0 Å². The minimum atomic E-state index is 0.693. The molecule has 1 saturated heterocycles.